The molecule has 0 radical (unpaired) electrons. The minimum atomic E-state index is -1.23. The quantitative estimate of drug-likeness (QED) is 0.0826. The van der Waals surface area contributed by atoms with Crippen LogP contribution in [0.4, 0.5) is 5.82 Å². The first-order chi connectivity index (χ1) is 20.3. The molecule has 1 aliphatic rings. The van der Waals surface area contributed by atoms with Gasteiger partial charge in [-0.2, -0.15) is 14.7 Å². The van der Waals surface area contributed by atoms with Crippen molar-refractivity contribution in [2.24, 2.45) is 13.0 Å². The molecule has 0 spiro atoms. The number of fused-ring (bicyclic) bond motifs is 1. The molecule has 2 atom stereocenters. The van der Waals surface area contributed by atoms with Gasteiger partial charge in [-0.3, -0.25) is 9.48 Å². The largest absolute Gasteiger partial charge is 0.466 e. The number of ether oxygens (including phenoxy) is 3. The van der Waals surface area contributed by atoms with Crippen LogP contribution in [0, 0.1) is 5.92 Å². The maximum Gasteiger partial charge on any atom is 0.308 e. The average Bonchev–Trinajstić information content (AvgIpc) is 3.56. The van der Waals surface area contributed by atoms with Crippen LogP contribution >= 0.6 is 0 Å². The number of carbonyl (C=O) groups is 1. The second-order valence-corrected chi connectivity index (χ2v) is 25.5. The second-order valence-electron chi connectivity index (χ2n) is 14.3. The molecule has 3 heterocycles. The molecule has 0 saturated heterocycles. The van der Waals surface area contributed by atoms with Crippen LogP contribution in [-0.4, -0.2) is 79.8 Å². The average molecular weight is 629 g/mol. The van der Waals surface area contributed by atoms with E-state index < -0.39 is 16.1 Å². The third kappa shape index (κ3) is 9.47. The highest BCUT2D eigenvalue weighted by molar-refractivity contribution is 6.76. The first kappa shape index (κ1) is 33.3. The Kier molecular flexibility index (Phi) is 11.2. The van der Waals surface area contributed by atoms with Gasteiger partial charge in [-0.25, -0.2) is 4.98 Å². The SMILES string of the molecule is CCOC(=O)C1CCCC(c2cc(N(COCC[Si](C)(C)C)COCC[Si](C)(C)C)n3ncc(-c4cnn(C)c4)c3n2)C1. The van der Waals surface area contributed by atoms with E-state index in [4.69, 9.17) is 24.3 Å². The Balaban J connectivity index is 1.71. The summed E-state index contributed by atoms with van der Waals surface area (Å²) in [6, 6.07) is 4.33. The first-order valence-corrected chi connectivity index (χ1v) is 23.2. The molecule has 238 valence electrons. The Morgan fingerprint density at radius 3 is 2.26 bits per heavy atom. The summed E-state index contributed by atoms with van der Waals surface area (Å²) in [4.78, 5) is 20.0. The molecule has 0 amide bonds. The summed E-state index contributed by atoms with van der Waals surface area (Å²) < 4.78 is 21.7. The topological polar surface area (TPSA) is 96.0 Å². The Bertz CT molecular complexity index is 1320. The number of anilines is 1. The molecular weight excluding hydrogens is 577 g/mol. The Hall–Kier alpha value is -2.55. The van der Waals surface area contributed by atoms with E-state index in [9.17, 15) is 4.79 Å². The minimum Gasteiger partial charge on any atom is -0.466 e. The summed E-state index contributed by atoms with van der Waals surface area (Å²) in [5, 5.41) is 9.21. The Labute approximate surface area is 259 Å². The smallest absolute Gasteiger partial charge is 0.308 e. The zero-order chi connectivity index (χ0) is 31.2. The van der Waals surface area contributed by atoms with E-state index in [0.29, 0.717) is 33.3 Å². The van der Waals surface area contributed by atoms with Gasteiger partial charge in [0.25, 0.3) is 0 Å². The molecular formula is C31H52N6O4Si2. The molecule has 1 fully saturated rings. The molecule has 0 aromatic carbocycles. The molecule has 1 aliphatic carbocycles. The lowest BCUT2D eigenvalue weighted by Crippen LogP contribution is -2.33. The van der Waals surface area contributed by atoms with Crippen LogP contribution in [0.5, 0.6) is 0 Å². The van der Waals surface area contributed by atoms with Gasteiger partial charge in [0, 0.05) is 71.4 Å². The number of hydrogen-bond donors (Lipinski definition) is 0. The molecule has 2 unspecified atom stereocenters. The molecule has 12 heteroatoms. The van der Waals surface area contributed by atoms with Gasteiger partial charge in [-0.15, -0.1) is 0 Å². The number of nitrogens with zero attached hydrogens (tertiary/aromatic N) is 6. The maximum atomic E-state index is 12.7. The summed E-state index contributed by atoms with van der Waals surface area (Å²) in [5.74, 6) is 0.830. The molecule has 10 nitrogen and oxygen atoms in total. The van der Waals surface area contributed by atoms with E-state index in [2.05, 4.69) is 55.3 Å². The van der Waals surface area contributed by atoms with E-state index in [1.807, 2.05) is 37.1 Å². The Morgan fingerprint density at radius 1 is 1.00 bits per heavy atom. The molecule has 0 aliphatic heterocycles. The van der Waals surface area contributed by atoms with Crippen LogP contribution < -0.4 is 4.90 Å². The number of esters is 1. The number of aryl methyl sites for hydroxylation is 1. The predicted molar refractivity (Wildman–Crippen MR) is 177 cm³/mol. The van der Waals surface area contributed by atoms with Crippen molar-refractivity contribution in [1.82, 2.24) is 24.4 Å². The highest BCUT2D eigenvalue weighted by Gasteiger charge is 2.31. The molecule has 0 bridgehead atoms. The van der Waals surface area contributed by atoms with Crippen LogP contribution in [0.1, 0.15) is 44.2 Å². The van der Waals surface area contributed by atoms with Gasteiger partial charge >= 0.3 is 5.97 Å². The standard InChI is InChI=1S/C31H52N6O4Si2/c1-9-41-31(38)25-12-10-11-24(17-25)28-18-29(37-30(34-28)27(20-33-37)26-19-32-35(2)21-26)36(22-39-13-15-42(3,4)5)23-40-14-16-43(6,7)8/h18-21,24-25H,9-17,22-23H2,1-8H3. The molecule has 4 rings (SSSR count). The van der Waals surface area contributed by atoms with Gasteiger partial charge in [0.2, 0.25) is 0 Å². The summed E-state index contributed by atoms with van der Waals surface area (Å²) in [7, 11) is -0.556. The zero-order valence-electron chi connectivity index (χ0n) is 27.6. The van der Waals surface area contributed by atoms with E-state index in [1.165, 1.54) is 0 Å². The molecule has 43 heavy (non-hydrogen) atoms. The minimum absolute atomic E-state index is 0.0953. The number of carbonyl (C=O) groups excluding carboxylic acids is 1. The lowest BCUT2D eigenvalue weighted by molar-refractivity contribution is -0.149. The summed E-state index contributed by atoms with van der Waals surface area (Å²) in [6.07, 6.45) is 9.24. The summed E-state index contributed by atoms with van der Waals surface area (Å²) in [6.45, 7) is 18.7. The fraction of sp³-hybridized carbons (Fsp3) is 0.677. The van der Waals surface area contributed by atoms with Crippen molar-refractivity contribution in [1.29, 1.82) is 0 Å². The maximum absolute atomic E-state index is 12.7. The van der Waals surface area contributed by atoms with Crippen molar-refractivity contribution in [2.45, 2.75) is 89.9 Å². The van der Waals surface area contributed by atoms with Gasteiger partial charge in [-0.1, -0.05) is 45.7 Å². The van der Waals surface area contributed by atoms with Gasteiger partial charge in [0.05, 0.1) is 24.9 Å². The van der Waals surface area contributed by atoms with Crippen LogP contribution in [-0.2, 0) is 26.1 Å². The monoisotopic (exact) mass is 628 g/mol. The fourth-order valence-electron chi connectivity index (χ4n) is 5.37. The number of rotatable bonds is 15. The lowest BCUT2D eigenvalue weighted by atomic mass is 9.79. The van der Waals surface area contributed by atoms with Crippen molar-refractivity contribution in [3.05, 3.63) is 30.4 Å². The van der Waals surface area contributed by atoms with Gasteiger partial charge in [0.1, 0.15) is 19.3 Å². The van der Waals surface area contributed by atoms with Crippen LogP contribution in [0.15, 0.2) is 24.7 Å². The van der Waals surface area contributed by atoms with Crippen molar-refractivity contribution in [3.8, 4) is 11.1 Å². The number of aromatic nitrogens is 5. The van der Waals surface area contributed by atoms with Crippen molar-refractivity contribution in [2.75, 3.05) is 38.2 Å². The molecule has 1 saturated carbocycles. The van der Waals surface area contributed by atoms with Crippen LogP contribution in [0.3, 0.4) is 0 Å². The Morgan fingerprint density at radius 2 is 1.67 bits per heavy atom. The second kappa shape index (κ2) is 14.5. The van der Waals surface area contributed by atoms with Crippen molar-refractivity contribution >= 4 is 33.6 Å². The molecule has 3 aromatic heterocycles. The van der Waals surface area contributed by atoms with E-state index in [0.717, 1.165) is 66.1 Å². The van der Waals surface area contributed by atoms with Gasteiger partial charge in [-0.05, 0) is 38.3 Å². The third-order valence-electron chi connectivity index (χ3n) is 8.01. The molecule has 0 N–H and O–H groups in total. The van der Waals surface area contributed by atoms with Crippen LogP contribution in [0.2, 0.25) is 51.4 Å². The third-order valence-corrected chi connectivity index (χ3v) is 11.4. The van der Waals surface area contributed by atoms with Crippen molar-refractivity contribution in [3.63, 3.8) is 0 Å². The fourth-order valence-corrected chi connectivity index (χ4v) is 6.89. The summed E-state index contributed by atoms with van der Waals surface area (Å²) in [5.41, 5.74) is 3.63. The van der Waals surface area contributed by atoms with Crippen LogP contribution in [0.25, 0.3) is 16.8 Å². The van der Waals surface area contributed by atoms with Gasteiger partial charge in [0.15, 0.2) is 5.65 Å². The highest BCUT2D eigenvalue weighted by Crippen LogP contribution is 2.38. The summed E-state index contributed by atoms with van der Waals surface area (Å²) >= 11 is 0. The normalized spacial score (nSPS) is 17.9. The van der Waals surface area contributed by atoms with E-state index >= 15 is 0 Å². The predicted octanol–water partition coefficient (Wildman–Crippen LogP) is 6.40. The lowest BCUT2D eigenvalue weighted by Gasteiger charge is -2.30. The highest BCUT2D eigenvalue weighted by atomic mass is 28.3. The van der Waals surface area contributed by atoms with Crippen molar-refractivity contribution < 1.29 is 19.0 Å². The van der Waals surface area contributed by atoms with E-state index in [1.54, 1.807) is 4.68 Å². The zero-order valence-corrected chi connectivity index (χ0v) is 29.6. The number of hydrogen-bond acceptors (Lipinski definition) is 8. The first-order valence-electron chi connectivity index (χ1n) is 15.8. The van der Waals surface area contributed by atoms with E-state index in [-0.39, 0.29) is 17.8 Å². The molecule has 3 aromatic rings. The van der Waals surface area contributed by atoms with Gasteiger partial charge < -0.3 is 19.1 Å².